The second-order valence-electron chi connectivity index (χ2n) is 6.21. The summed E-state index contributed by atoms with van der Waals surface area (Å²) < 4.78 is 2.14. The van der Waals surface area contributed by atoms with Crippen molar-refractivity contribution in [3.8, 4) is 0 Å². The van der Waals surface area contributed by atoms with Crippen LogP contribution in [0.3, 0.4) is 0 Å². The van der Waals surface area contributed by atoms with Gasteiger partial charge in [0.05, 0.1) is 5.69 Å². The fourth-order valence-corrected chi connectivity index (χ4v) is 3.42. The lowest BCUT2D eigenvalue weighted by atomic mass is 9.93. The molecule has 1 fully saturated rings. The van der Waals surface area contributed by atoms with E-state index in [2.05, 4.69) is 41.3 Å². The predicted molar refractivity (Wildman–Crippen MR) is 80.7 cm³/mol. The Morgan fingerprint density at radius 3 is 3.00 bits per heavy atom. The summed E-state index contributed by atoms with van der Waals surface area (Å²) >= 11 is 1.71. The molecule has 4 heteroatoms. The van der Waals surface area contributed by atoms with E-state index in [4.69, 9.17) is 4.98 Å². The highest BCUT2D eigenvalue weighted by Gasteiger charge is 2.22. The lowest BCUT2D eigenvalue weighted by Crippen LogP contribution is -2.27. The molecule has 2 heterocycles. The minimum atomic E-state index is 0.713. The summed E-state index contributed by atoms with van der Waals surface area (Å²) in [6.07, 6.45) is 9.41. The Kier molecular flexibility index (Phi) is 3.89. The summed E-state index contributed by atoms with van der Waals surface area (Å²) in [6, 6.07) is 0.806. The van der Waals surface area contributed by atoms with Crippen LogP contribution in [0.5, 0.6) is 0 Å². The van der Waals surface area contributed by atoms with Gasteiger partial charge in [-0.05, 0) is 44.1 Å². The van der Waals surface area contributed by atoms with Gasteiger partial charge in [-0.15, -0.1) is 11.3 Å². The van der Waals surface area contributed by atoms with Crippen LogP contribution >= 0.6 is 11.3 Å². The SMILES string of the molecule is CC(C)CC(CNC1CC1)Cc1cn2ccsc2n1. The average Bonchev–Trinajstić information content (AvgIpc) is 2.94. The minimum Gasteiger partial charge on any atom is -0.314 e. The molecule has 0 bridgehead atoms. The Morgan fingerprint density at radius 2 is 2.32 bits per heavy atom. The van der Waals surface area contributed by atoms with E-state index < -0.39 is 0 Å². The molecule has 1 unspecified atom stereocenters. The molecule has 0 saturated heterocycles. The van der Waals surface area contributed by atoms with E-state index in [1.165, 1.54) is 25.0 Å². The summed E-state index contributed by atoms with van der Waals surface area (Å²) in [6.45, 7) is 5.78. The summed E-state index contributed by atoms with van der Waals surface area (Å²) in [5.41, 5.74) is 1.25. The van der Waals surface area contributed by atoms with Gasteiger partial charge in [-0.25, -0.2) is 4.98 Å². The van der Waals surface area contributed by atoms with Crippen molar-refractivity contribution in [2.24, 2.45) is 11.8 Å². The summed E-state index contributed by atoms with van der Waals surface area (Å²) in [7, 11) is 0. The van der Waals surface area contributed by atoms with Gasteiger partial charge in [0, 0.05) is 23.8 Å². The standard InChI is InChI=1S/C15H23N3S/c1-11(2)7-12(9-16-13-3-4-13)8-14-10-18-5-6-19-15(18)17-14/h5-6,10-13,16H,3-4,7-9H2,1-2H3. The molecule has 0 spiro atoms. The third-order valence-electron chi connectivity index (χ3n) is 3.72. The number of hydrogen-bond donors (Lipinski definition) is 1. The highest BCUT2D eigenvalue weighted by molar-refractivity contribution is 7.15. The van der Waals surface area contributed by atoms with Crippen LogP contribution < -0.4 is 5.32 Å². The number of aromatic nitrogens is 2. The average molecular weight is 277 g/mol. The first-order valence-electron chi connectivity index (χ1n) is 7.35. The van der Waals surface area contributed by atoms with Gasteiger partial charge in [0.25, 0.3) is 0 Å². The molecule has 2 aromatic rings. The van der Waals surface area contributed by atoms with E-state index in [9.17, 15) is 0 Å². The number of thiazole rings is 1. The third-order valence-corrected chi connectivity index (χ3v) is 4.49. The summed E-state index contributed by atoms with van der Waals surface area (Å²) in [5, 5.41) is 5.77. The second kappa shape index (κ2) is 5.63. The first-order chi connectivity index (χ1) is 9.20. The molecule has 1 atom stereocenters. The Morgan fingerprint density at radius 1 is 1.47 bits per heavy atom. The van der Waals surface area contributed by atoms with E-state index in [0.717, 1.165) is 29.9 Å². The maximum absolute atomic E-state index is 4.72. The first-order valence-corrected chi connectivity index (χ1v) is 8.23. The van der Waals surface area contributed by atoms with Gasteiger partial charge in [0.15, 0.2) is 4.96 Å². The zero-order valence-electron chi connectivity index (χ0n) is 11.8. The number of nitrogens with zero attached hydrogens (tertiary/aromatic N) is 2. The van der Waals surface area contributed by atoms with E-state index >= 15 is 0 Å². The lowest BCUT2D eigenvalue weighted by molar-refractivity contribution is 0.382. The lowest BCUT2D eigenvalue weighted by Gasteiger charge is -2.18. The van der Waals surface area contributed by atoms with Gasteiger partial charge in [0.1, 0.15) is 0 Å². The number of imidazole rings is 1. The second-order valence-corrected chi connectivity index (χ2v) is 7.08. The van der Waals surface area contributed by atoms with Gasteiger partial charge in [-0.3, -0.25) is 4.40 Å². The molecule has 0 amide bonds. The van der Waals surface area contributed by atoms with Crippen LogP contribution in [0.4, 0.5) is 0 Å². The van der Waals surface area contributed by atoms with Crippen LogP contribution in [-0.2, 0) is 6.42 Å². The minimum absolute atomic E-state index is 0.713. The van der Waals surface area contributed by atoms with Crippen LogP contribution in [0.25, 0.3) is 4.96 Å². The Balaban J connectivity index is 1.62. The van der Waals surface area contributed by atoms with Crippen LogP contribution in [0.1, 0.15) is 38.8 Å². The molecule has 2 aromatic heterocycles. The van der Waals surface area contributed by atoms with Crippen molar-refractivity contribution in [3.63, 3.8) is 0 Å². The highest BCUT2D eigenvalue weighted by atomic mass is 32.1. The zero-order valence-corrected chi connectivity index (χ0v) is 12.6. The molecule has 0 radical (unpaired) electrons. The van der Waals surface area contributed by atoms with Crippen LogP contribution in [0.15, 0.2) is 17.8 Å². The van der Waals surface area contributed by atoms with Crippen molar-refractivity contribution >= 4 is 16.3 Å². The van der Waals surface area contributed by atoms with Gasteiger partial charge in [0.2, 0.25) is 0 Å². The van der Waals surface area contributed by atoms with Crippen LogP contribution in [0, 0.1) is 11.8 Å². The van der Waals surface area contributed by atoms with Crippen molar-refractivity contribution in [2.75, 3.05) is 6.54 Å². The smallest absolute Gasteiger partial charge is 0.193 e. The molecule has 0 aliphatic heterocycles. The van der Waals surface area contributed by atoms with Crippen molar-refractivity contribution < 1.29 is 0 Å². The molecule has 19 heavy (non-hydrogen) atoms. The number of rotatable bonds is 7. The molecule has 1 aliphatic carbocycles. The predicted octanol–water partition coefficient (Wildman–Crippen LogP) is 3.35. The van der Waals surface area contributed by atoms with Gasteiger partial charge in [-0.1, -0.05) is 13.8 Å². The van der Waals surface area contributed by atoms with E-state index in [0.29, 0.717) is 5.92 Å². The highest BCUT2D eigenvalue weighted by Crippen LogP contribution is 2.22. The van der Waals surface area contributed by atoms with E-state index in [1.54, 1.807) is 11.3 Å². The van der Waals surface area contributed by atoms with Gasteiger partial charge >= 0.3 is 0 Å². The fraction of sp³-hybridized carbons (Fsp3) is 0.667. The molecule has 0 aromatic carbocycles. The van der Waals surface area contributed by atoms with Crippen molar-refractivity contribution in [1.29, 1.82) is 0 Å². The monoisotopic (exact) mass is 277 g/mol. The fourth-order valence-electron chi connectivity index (χ4n) is 2.70. The Hall–Kier alpha value is -0.870. The maximum Gasteiger partial charge on any atom is 0.193 e. The van der Waals surface area contributed by atoms with E-state index in [1.807, 2.05) is 0 Å². The van der Waals surface area contributed by atoms with Crippen molar-refractivity contribution in [1.82, 2.24) is 14.7 Å². The quantitative estimate of drug-likeness (QED) is 0.841. The summed E-state index contributed by atoms with van der Waals surface area (Å²) in [5.74, 6) is 1.47. The van der Waals surface area contributed by atoms with Gasteiger partial charge in [-0.2, -0.15) is 0 Å². The molecule has 3 rings (SSSR count). The first kappa shape index (κ1) is 13.1. The number of fused-ring (bicyclic) bond motifs is 1. The van der Waals surface area contributed by atoms with Crippen LogP contribution in [0.2, 0.25) is 0 Å². The topological polar surface area (TPSA) is 29.3 Å². The molecule has 104 valence electrons. The van der Waals surface area contributed by atoms with Gasteiger partial charge < -0.3 is 5.32 Å². The Bertz CT molecular complexity index is 496. The third kappa shape index (κ3) is 3.57. The van der Waals surface area contributed by atoms with Crippen molar-refractivity contribution in [2.45, 2.75) is 45.6 Å². The molecule has 1 saturated carbocycles. The van der Waals surface area contributed by atoms with Crippen LogP contribution in [-0.4, -0.2) is 22.0 Å². The normalized spacial score (nSPS) is 17.4. The molecule has 1 N–H and O–H groups in total. The molecule has 3 nitrogen and oxygen atoms in total. The number of hydrogen-bond acceptors (Lipinski definition) is 3. The zero-order chi connectivity index (χ0) is 13.2. The largest absolute Gasteiger partial charge is 0.314 e. The number of nitrogens with one attached hydrogen (secondary N) is 1. The van der Waals surface area contributed by atoms with Crippen molar-refractivity contribution in [3.05, 3.63) is 23.5 Å². The molecular formula is C15H23N3S. The van der Waals surface area contributed by atoms with E-state index in [-0.39, 0.29) is 0 Å². The summed E-state index contributed by atoms with van der Waals surface area (Å²) in [4.78, 5) is 5.84. The Labute approximate surface area is 119 Å². The maximum atomic E-state index is 4.72. The molecule has 1 aliphatic rings. The molecular weight excluding hydrogens is 254 g/mol.